The Hall–Kier alpha value is -4.77. The normalized spacial score (nSPS) is 14.1. The molecule has 0 fully saturated rings. The molecule has 0 spiro atoms. The van der Waals surface area contributed by atoms with Crippen molar-refractivity contribution >= 4 is 50.7 Å². The van der Waals surface area contributed by atoms with Crippen LogP contribution in [0.5, 0.6) is 0 Å². The highest BCUT2D eigenvalue weighted by Gasteiger charge is 2.35. The lowest BCUT2D eigenvalue weighted by molar-refractivity contribution is -0.122. The number of hydrogen-bond acceptors (Lipinski definition) is 3. The number of para-hydroxylation sites is 2. The Labute approximate surface area is 208 Å². The molecule has 4 aromatic rings. The maximum atomic E-state index is 13.1. The first kappa shape index (κ1) is 23.0. The van der Waals surface area contributed by atoms with Crippen LogP contribution >= 0.6 is 0 Å². The lowest BCUT2D eigenvalue weighted by atomic mass is 9.95. The van der Waals surface area contributed by atoms with Gasteiger partial charge in [-0.1, -0.05) is 42.3 Å². The van der Waals surface area contributed by atoms with Crippen LogP contribution in [0.15, 0.2) is 65.9 Å². The topological polar surface area (TPSA) is 106 Å². The van der Waals surface area contributed by atoms with E-state index in [9.17, 15) is 9.59 Å². The number of aromatic nitrogens is 2. The second-order valence-corrected chi connectivity index (χ2v) is 8.64. The van der Waals surface area contributed by atoms with Crippen LogP contribution < -0.4 is 16.4 Å². The van der Waals surface area contributed by atoms with Gasteiger partial charge in [-0.3, -0.25) is 19.9 Å². The number of carbonyl (C=O) groups is 2. The van der Waals surface area contributed by atoms with Crippen molar-refractivity contribution in [3.63, 3.8) is 0 Å². The van der Waals surface area contributed by atoms with Crippen LogP contribution in [0.1, 0.15) is 17.5 Å². The minimum atomic E-state index is -0.386. The quantitative estimate of drug-likeness (QED) is 0.125. The molecular formula is C28H26N6O2. The fourth-order valence-corrected chi connectivity index (χ4v) is 4.78. The number of terminal acetylenes is 1. The van der Waals surface area contributed by atoms with Crippen molar-refractivity contribution in [3.05, 3.63) is 72.1 Å². The molecule has 2 amide bonds. The first-order valence-corrected chi connectivity index (χ1v) is 11.7. The Bertz CT molecular complexity index is 1610. The molecule has 0 bridgehead atoms. The molecular weight excluding hydrogens is 452 g/mol. The van der Waals surface area contributed by atoms with Gasteiger partial charge in [0.05, 0.1) is 17.7 Å². The molecule has 36 heavy (non-hydrogen) atoms. The van der Waals surface area contributed by atoms with E-state index in [1.807, 2.05) is 72.5 Å². The average Bonchev–Trinajstić information content (AvgIpc) is 3.51. The van der Waals surface area contributed by atoms with E-state index in [0.29, 0.717) is 36.7 Å². The van der Waals surface area contributed by atoms with Crippen LogP contribution in [0, 0.1) is 12.3 Å². The number of nitrogens with zero attached hydrogens (tertiary/aromatic N) is 3. The Morgan fingerprint density at radius 2 is 1.61 bits per heavy atom. The summed E-state index contributed by atoms with van der Waals surface area (Å²) in [5, 5.41) is 7.20. The summed E-state index contributed by atoms with van der Waals surface area (Å²) in [6.07, 6.45) is 9.82. The molecule has 2 aromatic carbocycles. The monoisotopic (exact) mass is 478 g/mol. The van der Waals surface area contributed by atoms with E-state index in [4.69, 9.17) is 12.2 Å². The Morgan fingerprint density at radius 3 is 2.31 bits per heavy atom. The zero-order valence-electron chi connectivity index (χ0n) is 19.9. The highest BCUT2D eigenvalue weighted by Crippen LogP contribution is 2.38. The number of hydrogen-bond donors (Lipinski definition) is 3. The minimum absolute atomic E-state index is 0.317. The predicted molar refractivity (Wildman–Crippen MR) is 143 cm³/mol. The maximum absolute atomic E-state index is 13.1. The Balaban J connectivity index is 1.56. The summed E-state index contributed by atoms with van der Waals surface area (Å²) in [6.45, 7) is 1.52. The first-order valence-electron chi connectivity index (χ1n) is 11.7. The van der Waals surface area contributed by atoms with E-state index in [1.54, 1.807) is 0 Å². The molecule has 0 atom stereocenters. The van der Waals surface area contributed by atoms with Crippen molar-refractivity contribution in [2.75, 3.05) is 13.1 Å². The second-order valence-electron chi connectivity index (χ2n) is 8.64. The number of aryl methyl sites for hydroxylation is 2. The molecule has 4 N–H and O–H groups in total. The highest BCUT2D eigenvalue weighted by atomic mass is 16.2. The van der Waals surface area contributed by atoms with Crippen LogP contribution in [0.3, 0.4) is 0 Å². The molecule has 0 unspecified atom stereocenters. The van der Waals surface area contributed by atoms with Crippen molar-refractivity contribution in [3.8, 4) is 12.3 Å². The molecule has 0 saturated heterocycles. The van der Waals surface area contributed by atoms with E-state index in [0.717, 1.165) is 39.4 Å². The molecule has 3 heterocycles. The molecule has 8 heteroatoms. The van der Waals surface area contributed by atoms with Crippen LogP contribution in [0.4, 0.5) is 0 Å². The molecule has 8 nitrogen and oxygen atoms in total. The fourth-order valence-electron chi connectivity index (χ4n) is 4.78. The number of carbonyl (C=O) groups excluding carboxylic acids is 2. The number of rotatable bonds is 7. The molecule has 180 valence electrons. The molecule has 5 rings (SSSR count). The Morgan fingerprint density at radius 1 is 1.00 bits per heavy atom. The molecule has 2 aromatic heterocycles. The standard InChI is InChI=1S/C28H26N6O2/c1-3-13-30-28(29)31-14-8-15-34-17-21(19-10-5-7-12-23(19)34)25-24(26(35)32-27(25)36)20-16-33(2)22-11-6-4-9-18(20)22/h1,4-7,9-12,16-17H,8,13-15H2,2H3,(H3,29,30,31)(H,32,35,36). The smallest absolute Gasteiger partial charge is 0.259 e. The third-order valence-corrected chi connectivity index (χ3v) is 6.37. The third-order valence-electron chi connectivity index (χ3n) is 6.37. The summed E-state index contributed by atoms with van der Waals surface area (Å²) >= 11 is 0. The van der Waals surface area contributed by atoms with Gasteiger partial charge in [-0.2, -0.15) is 0 Å². The van der Waals surface area contributed by atoms with Gasteiger partial charge in [-0.15, -0.1) is 6.42 Å². The van der Waals surface area contributed by atoms with Crippen molar-refractivity contribution in [1.82, 2.24) is 19.8 Å². The number of guanidine groups is 1. The lowest BCUT2D eigenvalue weighted by Gasteiger charge is -2.05. The second kappa shape index (κ2) is 9.47. The van der Waals surface area contributed by atoms with Gasteiger partial charge in [0.25, 0.3) is 11.8 Å². The van der Waals surface area contributed by atoms with E-state index in [-0.39, 0.29) is 11.8 Å². The number of imide groups is 1. The minimum Gasteiger partial charge on any atom is -0.370 e. The van der Waals surface area contributed by atoms with Crippen LogP contribution in [-0.4, -0.2) is 40.0 Å². The molecule has 1 aliphatic rings. The third kappa shape index (κ3) is 4.01. The highest BCUT2D eigenvalue weighted by molar-refractivity contribution is 6.50. The van der Waals surface area contributed by atoms with Crippen LogP contribution in [0.2, 0.25) is 0 Å². The van der Waals surface area contributed by atoms with Crippen molar-refractivity contribution in [2.45, 2.75) is 13.0 Å². The predicted octanol–water partition coefficient (Wildman–Crippen LogP) is 2.63. The van der Waals surface area contributed by atoms with Gasteiger partial charge >= 0.3 is 0 Å². The van der Waals surface area contributed by atoms with Gasteiger partial charge in [0.1, 0.15) is 0 Å². The summed E-state index contributed by atoms with van der Waals surface area (Å²) in [5.41, 5.74) is 10.0. The molecule has 0 aliphatic carbocycles. The number of nitrogens with one attached hydrogen (secondary N) is 2. The lowest BCUT2D eigenvalue weighted by Crippen LogP contribution is -2.32. The molecule has 0 saturated carbocycles. The van der Waals surface area contributed by atoms with E-state index >= 15 is 0 Å². The average molecular weight is 479 g/mol. The summed E-state index contributed by atoms with van der Waals surface area (Å²) in [6, 6.07) is 15.7. The number of aliphatic imine (C=N–C) groups is 1. The zero-order chi connectivity index (χ0) is 25.2. The van der Waals surface area contributed by atoms with E-state index in [2.05, 4.69) is 26.1 Å². The fraction of sp³-hybridized carbons (Fsp3) is 0.179. The molecule has 0 radical (unpaired) electrons. The van der Waals surface area contributed by atoms with E-state index in [1.165, 1.54) is 0 Å². The number of nitrogens with two attached hydrogens (primary N) is 1. The van der Waals surface area contributed by atoms with E-state index < -0.39 is 0 Å². The summed E-state index contributed by atoms with van der Waals surface area (Å²) in [4.78, 5) is 30.5. The van der Waals surface area contributed by atoms with Gasteiger partial charge in [-0.05, 0) is 18.6 Å². The van der Waals surface area contributed by atoms with Crippen molar-refractivity contribution in [1.29, 1.82) is 0 Å². The summed E-state index contributed by atoms with van der Waals surface area (Å²) < 4.78 is 4.06. The van der Waals surface area contributed by atoms with Gasteiger partial charge < -0.3 is 20.2 Å². The summed E-state index contributed by atoms with van der Waals surface area (Å²) in [7, 11) is 1.93. The first-order chi connectivity index (χ1) is 17.5. The van der Waals surface area contributed by atoms with Crippen LogP contribution in [0.25, 0.3) is 33.0 Å². The summed E-state index contributed by atoms with van der Waals surface area (Å²) in [5.74, 6) is 2.01. The van der Waals surface area contributed by atoms with Crippen molar-refractivity contribution < 1.29 is 9.59 Å². The molecule has 1 aliphatic heterocycles. The van der Waals surface area contributed by atoms with Crippen LogP contribution in [-0.2, 0) is 23.2 Å². The zero-order valence-corrected chi connectivity index (χ0v) is 19.9. The Kier molecular flexibility index (Phi) is 6.05. The van der Waals surface area contributed by atoms with Crippen molar-refractivity contribution in [2.24, 2.45) is 17.8 Å². The number of fused-ring (bicyclic) bond motifs is 2. The van der Waals surface area contributed by atoms with Gasteiger partial charge in [0, 0.05) is 65.5 Å². The SMILES string of the molecule is C#CCNC(N)=NCCCn1cc(C2=C(c3cn(C)c4ccccc34)C(=O)NC2=O)c2ccccc21. The number of amides is 2. The maximum Gasteiger partial charge on any atom is 0.259 e. The van der Waals surface area contributed by atoms with Gasteiger partial charge in [-0.25, -0.2) is 0 Å². The number of benzene rings is 2. The largest absolute Gasteiger partial charge is 0.370 e. The van der Waals surface area contributed by atoms with Gasteiger partial charge in [0.2, 0.25) is 0 Å². The van der Waals surface area contributed by atoms with Gasteiger partial charge in [0.15, 0.2) is 5.96 Å².